The fourth-order valence-electron chi connectivity index (χ4n) is 3.56. The molecule has 6 nitrogen and oxygen atoms in total. The largest absolute Gasteiger partial charge is 0.484 e. The molecule has 1 aliphatic heterocycles. The number of hydrogen-bond donors (Lipinski definition) is 0. The predicted octanol–water partition coefficient (Wildman–Crippen LogP) is 3.38. The van der Waals surface area contributed by atoms with Crippen molar-refractivity contribution in [2.24, 2.45) is 0 Å². The van der Waals surface area contributed by atoms with E-state index >= 15 is 0 Å². The van der Waals surface area contributed by atoms with Gasteiger partial charge in [-0.3, -0.25) is 4.79 Å². The maximum atomic E-state index is 12.8. The number of ether oxygens (including phenoxy) is 1. The summed E-state index contributed by atoms with van der Waals surface area (Å²) in [4.78, 5) is 14.7. The molecule has 0 spiro atoms. The number of sulfonamides is 1. The van der Waals surface area contributed by atoms with E-state index in [9.17, 15) is 13.2 Å². The van der Waals surface area contributed by atoms with E-state index in [-0.39, 0.29) is 17.4 Å². The third kappa shape index (κ3) is 4.62. The van der Waals surface area contributed by atoms with E-state index in [0.717, 1.165) is 29.7 Å². The zero-order chi connectivity index (χ0) is 21.0. The van der Waals surface area contributed by atoms with Gasteiger partial charge in [0.1, 0.15) is 5.75 Å². The fraction of sp³-hybridized carbons (Fsp3) is 0.409. The standard InChI is InChI=1S/C22H28N2O4S/c1-4-23(5-2)29(26,27)20-12-13-21-18(15-20)7-6-14-24(21)22(25)16-28-19-10-8-17(3)9-11-19/h8-13,15H,4-7,14,16H2,1-3H3. The van der Waals surface area contributed by atoms with E-state index < -0.39 is 10.0 Å². The van der Waals surface area contributed by atoms with Gasteiger partial charge in [0, 0.05) is 25.3 Å². The molecule has 0 saturated carbocycles. The molecule has 1 heterocycles. The summed E-state index contributed by atoms with van der Waals surface area (Å²) < 4.78 is 32.7. The van der Waals surface area contributed by atoms with Crippen LogP contribution in [0.25, 0.3) is 0 Å². The molecule has 0 bridgehead atoms. The van der Waals surface area contributed by atoms with Crippen LogP contribution in [-0.2, 0) is 21.2 Å². The molecule has 0 unspecified atom stereocenters. The van der Waals surface area contributed by atoms with Gasteiger partial charge in [-0.05, 0) is 55.7 Å². The van der Waals surface area contributed by atoms with Crippen LogP contribution in [0.5, 0.6) is 5.75 Å². The van der Waals surface area contributed by atoms with Crippen LogP contribution in [0, 0.1) is 6.92 Å². The Hall–Kier alpha value is -2.38. The van der Waals surface area contributed by atoms with Gasteiger partial charge in [-0.1, -0.05) is 31.5 Å². The maximum absolute atomic E-state index is 12.8. The Labute approximate surface area is 173 Å². The van der Waals surface area contributed by atoms with Gasteiger partial charge in [-0.2, -0.15) is 4.31 Å². The van der Waals surface area contributed by atoms with E-state index in [1.54, 1.807) is 23.1 Å². The van der Waals surface area contributed by atoms with E-state index in [0.29, 0.717) is 25.4 Å². The van der Waals surface area contributed by atoms with Gasteiger partial charge < -0.3 is 9.64 Å². The first kappa shape index (κ1) is 21.3. The summed E-state index contributed by atoms with van der Waals surface area (Å²) in [5, 5.41) is 0. The molecular weight excluding hydrogens is 388 g/mol. The number of aryl methyl sites for hydroxylation is 2. The van der Waals surface area contributed by atoms with Crippen molar-refractivity contribution in [3.63, 3.8) is 0 Å². The van der Waals surface area contributed by atoms with E-state index in [4.69, 9.17) is 4.74 Å². The number of carbonyl (C=O) groups is 1. The van der Waals surface area contributed by atoms with Crippen molar-refractivity contribution in [3.05, 3.63) is 53.6 Å². The van der Waals surface area contributed by atoms with Crippen molar-refractivity contribution >= 4 is 21.6 Å². The predicted molar refractivity (Wildman–Crippen MR) is 114 cm³/mol. The first-order valence-corrected chi connectivity index (χ1v) is 11.4. The second-order valence-corrected chi connectivity index (χ2v) is 9.07. The lowest BCUT2D eigenvalue weighted by Gasteiger charge is -2.30. The third-order valence-corrected chi connectivity index (χ3v) is 7.24. The Kier molecular flexibility index (Phi) is 6.59. The Morgan fingerprint density at radius 3 is 2.45 bits per heavy atom. The number of anilines is 1. The maximum Gasteiger partial charge on any atom is 0.264 e. The molecule has 2 aromatic carbocycles. The van der Waals surface area contributed by atoms with Gasteiger partial charge in [-0.25, -0.2) is 8.42 Å². The van der Waals surface area contributed by atoms with Gasteiger partial charge in [0.25, 0.3) is 5.91 Å². The molecule has 0 radical (unpaired) electrons. The molecule has 0 saturated heterocycles. The molecule has 0 aromatic heterocycles. The number of nitrogens with zero attached hydrogens (tertiary/aromatic N) is 2. The number of hydrogen-bond acceptors (Lipinski definition) is 4. The van der Waals surface area contributed by atoms with E-state index in [1.807, 2.05) is 45.0 Å². The second-order valence-electron chi connectivity index (χ2n) is 7.13. The van der Waals surface area contributed by atoms with Crippen molar-refractivity contribution in [1.82, 2.24) is 4.31 Å². The summed E-state index contributed by atoms with van der Waals surface area (Å²) in [5.74, 6) is 0.521. The molecule has 2 aromatic rings. The van der Waals surface area contributed by atoms with Crippen LogP contribution in [0.15, 0.2) is 47.4 Å². The average molecular weight is 417 g/mol. The third-order valence-electron chi connectivity index (χ3n) is 5.20. The molecule has 0 aliphatic carbocycles. The minimum absolute atomic E-state index is 0.0536. The Bertz CT molecular complexity index is 967. The average Bonchev–Trinajstić information content (AvgIpc) is 2.73. The molecule has 1 amide bonds. The Morgan fingerprint density at radius 1 is 1.10 bits per heavy atom. The summed E-state index contributed by atoms with van der Waals surface area (Å²) in [7, 11) is -3.52. The van der Waals surface area contributed by atoms with Crippen molar-refractivity contribution in [1.29, 1.82) is 0 Å². The first-order chi connectivity index (χ1) is 13.9. The normalized spacial score (nSPS) is 14.0. The monoisotopic (exact) mass is 416 g/mol. The fourth-order valence-corrected chi connectivity index (χ4v) is 5.07. The lowest BCUT2D eigenvalue weighted by Crippen LogP contribution is -2.39. The highest BCUT2D eigenvalue weighted by atomic mass is 32.2. The molecule has 0 atom stereocenters. The minimum Gasteiger partial charge on any atom is -0.484 e. The first-order valence-electron chi connectivity index (χ1n) is 9.99. The van der Waals surface area contributed by atoms with E-state index in [1.165, 1.54) is 4.31 Å². The summed E-state index contributed by atoms with van der Waals surface area (Å²) in [6.07, 6.45) is 1.54. The topological polar surface area (TPSA) is 66.9 Å². The molecule has 0 N–H and O–H groups in total. The summed E-state index contributed by atoms with van der Waals surface area (Å²) in [6.45, 7) is 7.05. The molecule has 7 heteroatoms. The number of amides is 1. The van der Waals surface area contributed by atoms with Gasteiger partial charge in [0.05, 0.1) is 4.90 Å². The van der Waals surface area contributed by atoms with Crippen LogP contribution in [0.4, 0.5) is 5.69 Å². The molecule has 0 fully saturated rings. The molecular formula is C22H28N2O4S. The lowest BCUT2D eigenvalue weighted by molar-refractivity contribution is -0.120. The summed E-state index contributed by atoms with van der Waals surface area (Å²) >= 11 is 0. The highest BCUT2D eigenvalue weighted by molar-refractivity contribution is 7.89. The number of fused-ring (bicyclic) bond motifs is 1. The van der Waals surface area contributed by atoms with Gasteiger partial charge in [-0.15, -0.1) is 0 Å². The van der Waals surface area contributed by atoms with Crippen LogP contribution in [0.1, 0.15) is 31.4 Å². The van der Waals surface area contributed by atoms with Crippen molar-refractivity contribution in [2.75, 3.05) is 31.1 Å². The van der Waals surface area contributed by atoms with E-state index in [2.05, 4.69) is 0 Å². The molecule has 3 rings (SSSR count). The Morgan fingerprint density at radius 2 is 1.79 bits per heavy atom. The number of rotatable bonds is 7. The highest BCUT2D eigenvalue weighted by Gasteiger charge is 2.27. The summed E-state index contributed by atoms with van der Waals surface area (Å²) in [5.41, 5.74) is 2.78. The minimum atomic E-state index is -3.52. The lowest BCUT2D eigenvalue weighted by atomic mass is 10.0. The van der Waals surface area contributed by atoms with Crippen LogP contribution >= 0.6 is 0 Å². The van der Waals surface area contributed by atoms with Crippen molar-refractivity contribution in [2.45, 2.75) is 38.5 Å². The van der Waals surface area contributed by atoms with Crippen LogP contribution in [0.2, 0.25) is 0 Å². The molecule has 1 aliphatic rings. The molecule has 156 valence electrons. The SMILES string of the molecule is CCN(CC)S(=O)(=O)c1ccc2c(c1)CCCN2C(=O)COc1ccc(C)cc1. The van der Waals surface area contributed by atoms with Crippen LogP contribution in [0.3, 0.4) is 0 Å². The smallest absolute Gasteiger partial charge is 0.264 e. The zero-order valence-corrected chi connectivity index (χ0v) is 18.0. The quantitative estimate of drug-likeness (QED) is 0.694. The number of carbonyl (C=O) groups excluding carboxylic acids is 1. The number of benzene rings is 2. The van der Waals surface area contributed by atoms with Crippen LogP contribution < -0.4 is 9.64 Å². The van der Waals surface area contributed by atoms with Gasteiger partial charge >= 0.3 is 0 Å². The van der Waals surface area contributed by atoms with Gasteiger partial charge in [0.2, 0.25) is 10.0 Å². The Balaban J connectivity index is 1.78. The van der Waals surface area contributed by atoms with Crippen LogP contribution in [-0.4, -0.2) is 44.9 Å². The molecule has 29 heavy (non-hydrogen) atoms. The zero-order valence-electron chi connectivity index (χ0n) is 17.2. The summed E-state index contributed by atoms with van der Waals surface area (Å²) in [6, 6.07) is 12.6. The van der Waals surface area contributed by atoms with Gasteiger partial charge in [0.15, 0.2) is 6.61 Å². The second kappa shape index (κ2) is 8.97. The van der Waals surface area contributed by atoms with Crippen molar-refractivity contribution < 1.29 is 17.9 Å². The highest BCUT2D eigenvalue weighted by Crippen LogP contribution is 2.30. The van der Waals surface area contributed by atoms with Crippen molar-refractivity contribution in [3.8, 4) is 5.75 Å².